The average molecular weight is 320 g/mol. The van der Waals surface area contributed by atoms with Gasteiger partial charge in [0.1, 0.15) is 0 Å². The first-order valence-corrected chi connectivity index (χ1v) is 8.61. The van der Waals surface area contributed by atoms with Gasteiger partial charge in [-0.3, -0.25) is 4.79 Å². The number of benzene rings is 2. The topological polar surface area (TPSA) is 41.5 Å². The molecule has 0 saturated heterocycles. The second-order valence-corrected chi connectivity index (χ2v) is 6.60. The SMILES string of the molecule is Cc1ccc(C(=O)NN=C2CCC(c3ccccc3)CC2)cc1C. The third kappa shape index (κ3) is 3.91. The Bertz CT molecular complexity index is 740. The van der Waals surface area contributed by atoms with E-state index in [-0.39, 0.29) is 5.91 Å². The lowest BCUT2D eigenvalue weighted by atomic mass is 9.83. The van der Waals surface area contributed by atoms with E-state index in [9.17, 15) is 4.79 Å². The van der Waals surface area contributed by atoms with Gasteiger partial charge in [0.15, 0.2) is 0 Å². The third-order valence-corrected chi connectivity index (χ3v) is 4.92. The number of hydrazone groups is 1. The Morgan fingerprint density at radius 3 is 2.38 bits per heavy atom. The standard InChI is InChI=1S/C21H24N2O/c1-15-8-9-19(14-16(15)2)21(24)23-22-20-12-10-18(11-13-20)17-6-4-3-5-7-17/h3-9,14,18H,10-13H2,1-2H3,(H,23,24). The van der Waals surface area contributed by atoms with Gasteiger partial charge in [-0.2, -0.15) is 5.10 Å². The highest BCUT2D eigenvalue weighted by Crippen LogP contribution is 2.31. The maximum absolute atomic E-state index is 12.2. The van der Waals surface area contributed by atoms with Crippen LogP contribution in [0.2, 0.25) is 0 Å². The molecule has 0 heterocycles. The Balaban J connectivity index is 1.56. The van der Waals surface area contributed by atoms with Crippen LogP contribution in [0.3, 0.4) is 0 Å². The molecule has 1 N–H and O–H groups in total. The Morgan fingerprint density at radius 2 is 1.71 bits per heavy atom. The first kappa shape index (κ1) is 16.4. The number of amides is 1. The fourth-order valence-electron chi connectivity index (χ4n) is 3.20. The summed E-state index contributed by atoms with van der Waals surface area (Å²) in [6.07, 6.45) is 4.10. The molecule has 1 aliphatic rings. The minimum absolute atomic E-state index is 0.129. The highest BCUT2D eigenvalue weighted by molar-refractivity contribution is 5.95. The fourth-order valence-corrected chi connectivity index (χ4v) is 3.20. The van der Waals surface area contributed by atoms with Gasteiger partial charge < -0.3 is 0 Å². The molecule has 124 valence electrons. The van der Waals surface area contributed by atoms with Crippen molar-refractivity contribution < 1.29 is 4.79 Å². The first-order chi connectivity index (χ1) is 11.6. The quantitative estimate of drug-likeness (QED) is 0.815. The van der Waals surface area contributed by atoms with E-state index in [0.717, 1.165) is 37.0 Å². The molecule has 1 fully saturated rings. The molecule has 0 radical (unpaired) electrons. The smallest absolute Gasteiger partial charge is 0.267 e. The van der Waals surface area contributed by atoms with Crippen molar-refractivity contribution >= 4 is 11.6 Å². The van der Waals surface area contributed by atoms with E-state index in [1.807, 2.05) is 32.0 Å². The van der Waals surface area contributed by atoms with Crippen molar-refractivity contribution in [2.24, 2.45) is 5.10 Å². The normalized spacial score (nSPS) is 17.4. The van der Waals surface area contributed by atoms with E-state index < -0.39 is 0 Å². The number of carbonyl (C=O) groups excluding carboxylic acids is 1. The van der Waals surface area contributed by atoms with Crippen molar-refractivity contribution in [1.29, 1.82) is 0 Å². The maximum Gasteiger partial charge on any atom is 0.271 e. The molecular weight excluding hydrogens is 296 g/mol. The van der Waals surface area contributed by atoms with E-state index >= 15 is 0 Å². The van der Waals surface area contributed by atoms with Crippen LogP contribution in [0.1, 0.15) is 58.6 Å². The van der Waals surface area contributed by atoms with Gasteiger partial charge in [0.2, 0.25) is 0 Å². The first-order valence-electron chi connectivity index (χ1n) is 8.61. The van der Waals surface area contributed by atoms with Crippen LogP contribution in [0, 0.1) is 13.8 Å². The molecule has 1 amide bonds. The maximum atomic E-state index is 12.2. The molecule has 0 bridgehead atoms. The number of hydrogen-bond donors (Lipinski definition) is 1. The van der Waals surface area contributed by atoms with Gasteiger partial charge in [0.25, 0.3) is 5.91 Å². The van der Waals surface area contributed by atoms with Gasteiger partial charge in [-0.25, -0.2) is 5.43 Å². The second kappa shape index (κ2) is 7.43. The van der Waals surface area contributed by atoms with Crippen molar-refractivity contribution in [3.05, 3.63) is 70.8 Å². The lowest BCUT2D eigenvalue weighted by Gasteiger charge is -2.23. The molecule has 3 nitrogen and oxygen atoms in total. The highest BCUT2D eigenvalue weighted by Gasteiger charge is 2.19. The van der Waals surface area contributed by atoms with E-state index in [0.29, 0.717) is 11.5 Å². The summed E-state index contributed by atoms with van der Waals surface area (Å²) in [7, 11) is 0. The van der Waals surface area contributed by atoms with Gasteiger partial charge in [-0.15, -0.1) is 0 Å². The molecule has 0 aliphatic heterocycles. The van der Waals surface area contributed by atoms with Gasteiger partial charge >= 0.3 is 0 Å². The van der Waals surface area contributed by atoms with Crippen molar-refractivity contribution in [2.75, 3.05) is 0 Å². The summed E-state index contributed by atoms with van der Waals surface area (Å²) < 4.78 is 0. The number of hydrogen-bond acceptors (Lipinski definition) is 2. The van der Waals surface area contributed by atoms with Crippen LogP contribution in [0.15, 0.2) is 53.6 Å². The summed E-state index contributed by atoms with van der Waals surface area (Å²) in [4.78, 5) is 12.2. The van der Waals surface area contributed by atoms with Crippen molar-refractivity contribution in [3.8, 4) is 0 Å². The minimum Gasteiger partial charge on any atom is -0.267 e. The number of rotatable bonds is 3. The molecule has 2 aromatic carbocycles. The van der Waals surface area contributed by atoms with Crippen LogP contribution in [0.5, 0.6) is 0 Å². The Kier molecular flexibility index (Phi) is 5.09. The van der Waals surface area contributed by atoms with Gasteiger partial charge in [-0.1, -0.05) is 36.4 Å². The summed E-state index contributed by atoms with van der Waals surface area (Å²) in [5, 5.41) is 4.36. The monoisotopic (exact) mass is 320 g/mol. The van der Waals surface area contributed by atoms with Crippen LogP contribution in [-0.2, 0) is 0 Å². The molecule has 0 spiro atoms. The zero-order chi connectivity index (χ0) is 16.9. The lowest BCUT2D eigenvalue weighted by molar-refractivity contribution is 0.0954. The summed E-state index contributed by atoms with van der Waals surface area (Å²) >= 11 is 0. The third-order valence-electron chi connectivity index (χ3n) is 4.92. The molecular formula is C21H24N2O. The van der Waals surface area contributed by atoms with Crippen LogP contribution in [0.4, 0.5) is 0 Å². The predicted octanol–water partition coefficient (Wildman–Crippen LogP) is 4.75. The van der Waals surface area contributed by atoms with Crippen LogP contribution in [0.25, 0.3) is 0 Å². The molecule has 24 heavy (non-hydrogen) atoms. The molecule has 2 aromatic rings. The molecule has 0 aromatic heterocycles. The minimum atomic E-state index is -0.129. The number of carbonyl (C=O) groups is 1. The van der Waals surface area contributed by atoms with Crippen molar-refractivity contribution in [1.82, 2.24) is 5.43 Å². The highest BCUT2D eigenvalue weighted by atomic mass is 16.2. The molecule has 0 unspecified atom stereocenters. The molecule has 1 aliphatic carbocycles. The molecule has 1 saturated carbocycles. The Hall–Kier alpha value is -2.42. The summed E-state index contributed by atoms with van der Waals surface area (Å²) in [5.41, 5.74) is 8.21. The number of nitrogens with zero attached hydrogens (tertiary/aromatic N) is 1. The van der Waals surface area contributed by atoms with Gasteiger partial charge in [0.05, 0.1) is 0 Å². The lowest BCUT2D eigenvalue weighted by Crippen LogP contribution is -2.22. The second-order valence-electron chi connectivity index (χ2n) is 6.60. The van der Waals surface area contributed by atoms with E-state index in [1.165, 1.54) is 11.1 Å². The van der Waals surface area contributed by atoms with Crippen LogP contribution in [-0.4, -0.2) is 11.6 Å². The Morgan fingerprint density at radius 1 is 1.00 bits per heavy atom. The predicted molar refractivity (Wildman–Crippen MR) is 98.5 cm³/mol. The van der Waals surface area contributed by atoms with Crippen molar-refractivity contribution in [3.63, 3.8) is 0 Å². The van der Waals surface area contributed by atoms with Crippen LogP contribution < -0.4 is 5.43 Å². The van der Waals surface area contributed by atoms with Gasteiger partial charge in [0, 0.05) is 11.3 Å². The number of nitrogens with one attached hydrogen (secondary N) is 1. The fraction of sp³-hybridized carbons (Fsp3) is 0.333. The van der Waals surface area contributed by atoms with Crippen molar-refractivity contribution in [2.45, 2.75) is 45.4 Å². The Labute approximate surface area is 143 Å². The van der Waals surface area contributed by atoms with Crippen LogP contribution >= 0.6 is 0 Å². The molecule has 3 rings (SSSR count). The summed E-state index contributed by atoms with van der Waals surface area (Å²) in [6, 6.07) is 16.4. The summed E-state index contributed by atoms with van der Waals surface area (Å²) in [5.74, 6) is 0.483. The molecule has 0 atom stereocenters. The average Bonchev–Trinajstić information content (AvgIpc) is 2.63. The van der Waals surface area contributed by atoms with Gasteiger partial charge in [-0.05, 0) is 74.3 Å². The van der Waals surface area contributed by atoms with E-state index in [4.69, 9.17) is 0 Å². The van der Waals surface area contributed by atoms with E-state index in [2.05, 4.69) is 40.9 Å². The number of aryl methyl sites for hydroxylation is 2. The van der Waals surface area contributed by atoms with E-state index in [1.54, 1.807) is 0 Å². The largest absolute Gasteiger partial charge is 0.271 e. The molecule has 3 heteroatoms. The summed E-state index contributed by atoms with van der Waals surface area (Å²) in [6.45, 7) is 4.06. The zero-order valence-electron chi connectivity index (χ0n) is 14.4. The zero-order valence-corrected chi connectivity index (χ0v) is 14.4.